The first kappa shape index (κ1) is 11.8. The minimum absolute atomic E-state index is 0.949. The second kappa shape index (κ2) is 5.17. The molecule has 2 saturated carbocycles. The van der Waals surface area contributed by atoms with Crippen molar-refractivity contribution in [3.8, 4) is 5.75 Å². The van der Waals surface area contributed by atoms with Crippen LogP contribution >= 0.6 is 0 Å². The van der Waals surface area contributed by atoms with Crippen LogP contribution in [-0.2, 0) is 6.42 Å². The summed E-state index contributed by atoms with van der Waals surface area (Å²) in [4.78, 5) is 0. The van der Waals surface area contributed by atoms with E-state index in [9.17, 15) is 0 Å². The minimum atomic E-state index is 0.949. The van der Waals surface area contributed by atoms with Crippen LogP contribution in [0.25, 0.3) is 0 Å². The Morgan fingerprint density at radius 1 is 1.11 bits per heavy atom. The summed E-state index contributed by atoms with van der Waals surface area (Å²) in [6.45, 7) is 0. The van der Waals surface area contributed by atoms with Gasteiger partial charge in [0.25, 0.3) is 0 Å². The highest BCUT2D eigenvalue weighted by Crippen LogP contribution is 2.55. The van der Waals surface area contributed by atoms with Crippen molar-refractivity contribution in [1.29, 1.82) is 0 Å². The van der Waals surface area contributed by atoms with Gasteiger partial charge in [0.15, 0.2) is 0 Å². The molecule has 0 aliphatic heterocycles. The highest BCUT2D eigenvalue weighted by molar-refractivity contribution is 5.31. The van der Waals surface area contributed by atoms with Crippen LogP contribution in [0.1, 0.15) is 37.7 Å². The average molecular weight is 242 g/mol. The molecule has 1 heteroatoms. The number of ether oxygens (including phenoxy) is 1. The fourth-order valence-corrected chi connectivity index (χ4v) is 3.37. The van der Waals surface area contributed by atoms with Gasteiger partial charge in [0, 0.05) is 0 Å². The van der Waals surface area contributed by atoms with Crippen molar-refractivity contribution < 1.29 is 4.74 Å². The van der Waals surface area contributed by atoms with Gasteiger partial charge in [-0.2, -0.15) is 0 Å². The summed E-state index contributed by atoms with van der Waals surface area (Å²) in [5, 5.41) is 0. The number of allylic oxidation sites excluding steroid dienone is 2. The molecular weight excluding hydrogens is 220 g/mol. The van der Waals surface area contributed by atoms with E-state index in [0.29, 0.717) is 0 Å². The number of aryl methyl sites for hydroxylation is 1. The van der Waals surface area contributed by atoms with Crippen LogP contribution < -0.4 is 4.74 Å². The number of benzene rings is 1. The molecule has 1 aromatic carbocycles. The first-order valence-electron chi connectivity index (χ1n) is 7.21. The second-order valence-electron chi connectivity index (χ2n) is 5.59. The van der Waals surface area contributed by atoms with Crippen LogP contribution in [0.2, 0.25) is 0 Å². The quantitative estimate of drug-likeness (QED) is 0.712. The number of hydrogen-bond donors (Lipinski definition) is 0. The lowest BCUT2D eigenvalue weighted by Crippen LogP contribution is -1.91. The fourth-order valence-electron chi connectivity index (χ4n) is 3.37. The molecular formula is C17H22O. The minimum Gasteiger partial charge on any atom is -0.497 e. The maximum Gasteiger partial charge on any atom is 0.118 e. The summed E-state index contributed by atoms with van der Waals surface area (Å²) >= 11 is 0. The van der Waals surface area contributed by atoms with Crippen molar-refractivity contribution in [2.45, 2.75) is 38.5 Å². The van der Waals surface area contributed by atoms with E-state index < -0.39 is 0 Å². The zero-order valence-electron chi connectivity index (χ0n) is 11.2. The molecule has 0 saturated heterocycles. The normalized spacial score (nSPS) is 25.5. The third-order valence-corrected chi connectivity index (χ3v) is 4.49. The maximum atomic E-state index is 5.17. The zero-order chi connectivity index (χ0) is 12.4. The molecule has 0 heterocycles. The van der Waals surface area contributed by atoms with Crippen molar-refractivity contribution in [2.24, 2.45) is 11.8 Å². The number of fused-ring (bicyclic) bond motifs is 1. The second-order valence-corrected chi connectivity index (χ2v) is 5.59. The summed E-state index contributed by atoms with van der Waals surface area (Å²) in [7, 11) is 1.72. The van der Waals surface area contributed by atoms with Gasteiger partial charge in [-0.25, -0.2) is 0 Å². The van der Waals surface area contributed by atoms with E-state index in [1.54, 1.807) is 12.7 Å². The molecule has 2 aliphatic rings. The third-order valence-electron chi connectivity index (χ3n) is 4.49. The van der Waals surface area contributed by atoms with Crippen LogP contribution in [0, 0.1) is 11.8 Å². The predicted molar refractivity (Wildman–Crippen MR) is 74.8 cm³/mol. The molecule has 0 radical (unpaired) electrons. The van der Waals surface area contributed by atoms with Crippen molar-refractivity contribution in [2.75, 3.05) is 7.11 Å². The molecule has 2 atom stereocenters. The van der Waals surface area contributed by atoms with Gasteiger partial charge in [0.2, 0.25) is 0 Å². The maximum absolute atomic E-state index is 5.17. The van der Waals surface area contributed by atoms with Crippen molar-refractivity contribution >= 4 is 0 Å². The Balaban J connectivity index is 1.51. The summed E-state index contributed by atoms with van der Waals surface area (Å²) in [5.74, 6) is 2.91. The Morgan fingerprint density at radius 3 is 2.39 bits per heavy atom. The van der Waals surface area contributed by atoms with Crippen molar-refractivity contribution in [1.82, 2.24) is 0 Å². The van der Waals surface area contributed by atoms with Gasteiger partial charge in [0.05, 0.1) is 7.11 Å². The SMILES string of the molecule is COc1ccc(CCC=C2C3CCCCC23)cc1. The molecule has 2 fully saturated rings. The van der Waals surface area contributed by atoms with E-state index >= 15 is 0 Å². The van der Waals surface area contributed by atoms with E-state index in [1.165, 1.54) is 37.7 Å². The first-order chi connectivity index (χ1) is 8.88. The van der Waals surface area contributed by atoms with Gasteiger partial charge in [-0.1, -0.05) is 36.6 Å². The van der Waals surface area contributed by atoms with E-state index in [2.05, 4.69) is 30.3 Å². The Labute approximate surface area is 110 Å². The summed E-state index contributed by atoms with van der Waals surface area (Å²) in [6, 6.07) is 8.47. The molecule has 2 unspecified atom stereocenters. The molecule has 1 nitrogen and oxygen atoms in total. The average Bonchev–Trinajstić information content (AvgIpc) is 3.13. The van der Waals surface area contributed by atoms with Crippen LogP contribution in [0.15, 0.2) is 35.9 Å². The first-order valence-corrected chi connectivity index (χ1v) is 7.21. The molecule has 0 amide bonds. The lowest BCUT2D eigenvalue weighted by Gasteiger charge is -2.04. The molecule has 18 heavy (non-hydrogen) atoms. The topological polar surface area (TPSA) is 9.23 Å². The molecule has 3 rings (SSSR count). The monoisotopic (exact) mass is 242 g/mol. The van der Waals surface area contributed by atoms with Crippen molar-refractivity contribution in [3.63, 3.8) is 0 Å². The van der Waals surface area contributed by atoms with Gasteiger partial charge in [-0.05, 0) is 55.2 Å². The number of rotatable bonds is 4. The van der Waals surface area contributed by atoms with Gasteiger partial charge >= 0.3 is 0 Å². The summed E-state index contributed by atoms with van der Waals surface area (Å²) in [5.41, 5.74) is 3.19. The van der Waals surface area contributed by atoms with E-state index in [-0.39, 0.29) is 0 Å². The highest BCUT2D eigenvalue weighted by Gasteiger charge is 2.44. The van der Waals surface area contributed by atoms with E-state index in [1.807, 2.05) is 0 Å². The lowest BCUT2D eigenvalue weighted by molar-refractivity contribution is 0.414. The lowest BCUT2D eigenvalue weighted by atomic mass is 10.0. The predicted octanol–water partition coefficient (Wildman–Crippen LogP) is 4.37. The van der Waals surface area contributed by atoms with Crippen LogP contribution in [0.4, 0.5) is 0 Å². The van der Waals surface area contributed by atoms with Crippen molar-refractivity contribution in [3.05, 3.63) is 41.5 Å². The van der Waals surface area contributed by atoms with Gasteiger partial charge < -0.3 is 4.74 Å². The molecule has 0 bridgehead atoms. The molecule has 0 spiro atoms. The number of methoxy groups -OCH3 is 1. The third kappa shape index (κ3) is 2.45. The van der Waals surface area contributed by atoms with Crippen LogP contribution in [-0.4, -0.2) is 7.11 Å². The molecule has 96 valence electrons. The van der Waals surface area contributed by atoms with Gasteiger partial charge in [-0.15, -0.1) is 0 Å². The van der Waals surface area contributed by atoms with Crippen LogP contribution in [0.3, 0.4) is 0 Å². The Kier molecular flexibility index (Phi) is 3.40. The largest absolute Gasteiger partial charge is 0.497 e. The van der Waals surface area contributed by atoms with E-state index in [4.69, 9.17) is 4.74 Å². The molecule has 0 N–H and O–H groups in total. The van der Waals surface area contributed by atoms with Gasteiger partial charge in [0.1, 0.15) is 5.75 Å². The highest BCUT2D eigenvalue weighted by atomic mass is 16.5. The Bertz CT molecular complexity index is 415. The Morgan fingerprint density at radius 2 is 1.78 bits per heavy atom. The fraction of sp³-hybridized carbons (Fsp3) is 0.529. The number of hydrogen-bond acceptors (Lipinski definition) is 1. The molecule has 1 aromatic rings. The smallest absolute Gasteiger partial charge is 0.118 e. The van der Waals surface area contributed by atoms with Crippen LogP contribution in [0.5, 0.6) is 5.75 Å². The van der Waals surface area contributed by atoms with Gasteiger partial charge in [-0.3, -0.25) is 0 Å². The zero-order valence-corrected chi connectivity index (χ0v) is 11.2. The molecule has 2 aliphatic carbocycles. The Hall–Kier alpha value is -1.24. The summed E-state index contributed by atoms with van der Waals surface area (Å²) < 4.78 is 5.17. The van der Waals surface area contributed by atoms with E-state index in [0.717, 1.165) is 24.0 Å². The standard InChI is InChI=1S/C17H22O/c1-18-14-11-9-13(10-12-14)5-4-8-17-15-6-2-3-7-16(15)17/h8-12,15-16H,2-7H2,1H3. The molecule has 0 aromatic heterocycles. The summed E-state index contributed by atoms with van der Waals surface area (Å²) in [6.07, 6.45) is 10.7.